The van der Waals surface area contributed by atoms with E-state index in [0.29, 0.717) is 0 Å². The molecule has 0 fully saturated rings. The Kier molecular flexibility index (Phi) is 4.88. The van der Waals surface area contributed by atoms with Gasteiger partial charge in [0.05, 0.1) is 12.8 Å². The number of nitrogens with zero attached hydrogens (tertiary/aromatic N) is 3. The summed E-state index contributed by atoms with van der Waals surface area (Å²) in [5.41, 5.74) is 2.04. The van der Waals surface area contributed by atoms with Crippen LogP contribution in [0.15, 0.2) is 60.0 Å². The zero-order valence-corrected chi connectivity index (χ0v) is 14.4. The summed E-state index contributed by atoms with van der Waals surface area (Å²) >= 11 is 7.90. The molecule has 0 aliphatic rings. The summed E-state index contributed by atoms with van der Waals surface area (Å²) in [6.45, 7) is 2.11. The van der Waals surface area contributed by atoms with E-state index in [1.165, 1.54) is 0 Å². The van der Waals surface area contributed by atoms with Gasteiger partial charge in [0, 0.05) is 16.3 Å². The molecule has 1 aromatic heterocycles. The third kappa shape index (κ3) is 3.51. The molecule has 0 saturated carbocycles. The Bertz CT molecular complexity index is 806. The molecular weight excluding hydrogens is 330 g/mol. The van der Waals surface area contributed by atoms with Crippen LogP contribution in [0.2, 0.25) is 5.02 Å². The van der Waals surface area contributed by atoms with Crippen LogP contribution in [0.3, 0.4) is 0 Å². The molecule has 0 N–H and O–H groups in total. The van der Waals surface area contributed by atoms with Crippen LogP contribution in [0.1, 0.15) is 17.7 Å². The lowest BCUT2D eigenvalue weighted by Crippen LogP contribution is -1.98. The van der Waals surface area contributed by atoms with Crippen molar-refractivity contribution in [1.82, 2.24) is 14.8 Å². The van der Waals surface area contributed by atoms with Gasteiger partial charge in [-0.15, -0.1) is 10.2 Å². The van der Waals surface area contributed by atoms with E-state index in [0.717, 1.165) is 27.2 Å². The van der Waals surface area contributed by atoms with Crippen LogP contribution in [0.4, 0.5) is 0 Å². The van der Waals surface area contributed by atoms with Crippen molar-refractivity contribution < 1.29 is 4.74 Å². The molecular formula is C17H16ClN3OS. The smallest absolute Gasteiger partial charge is 0.196 e. The van der Waals surface area contributed by atoms with Gasteiger partial charge in [0.25, 0.3) is 0 Å². The van der Waals surface area contributed by atoms with Gasteiger partial charge >= 0.3 is 0 Å². The summed E-state index contributed by atoms with van der Waals surface area (Å²) in [5, 5.41) is 10.0. The Morgan fingerprint density at radius 1 is 1.17 bits per heavy atom. The fraction of sp³-hybridized carbons (Fsp3) is 0.176. The summed E-state index contributed by atoms with van der Waals surface area (Å²) in [5.74, 6) is 0.798. The lowest BCUT2D eigenvalue weighted by molar-refractivity contribution is 0.414. The molecule has 0 unspecified atom stereocenters. The van der Waals surface area contributed by atoms with Crippen molar-refractivity contribution in [3.05, 3.63) is 65.4 Å². The molecule has 0 bridgehead atoms. The van der Waals surface area contributed by atoms with E-state index in [2.05, 4.69) is 17.1 Å². The number of hydrogen-bond acceptors (Lipinski definition) is 4. The molecule has 1 atom stereocenters. The molecule has 0 aliphatic heterocycles. The third-order valence-corrected chi connectivity index (χ3v) is 4.91. The lowest BCUT2D eigenvalue weighted by atomic mass is 10.2. The standard InChI is InChI=1S/C17H16ClN3OS/c1-12(15-8-3-4-9-16(15)18)23-17-20-19-11-21(17)13-6-5-7-14(10-13)22-2/h3-12H,1-2H3/t12-/m0/s1. The first-order valence-corrected chi connectivity index (χ1v) is 8.40. The minimum absolute atomic E-state index is 0.164. The van der Waals surface area contributed by atoms with Crippen molar-refractivity contribution in [2.75, 3.05) is 7.11 Å². The molecule has 0 aliphatic carbocycles. The maximum Gasteiger partial charge on any atom is 0.196 e. The third-order valence-electron chi connectivity index (χ3n) is 3.47. The lowest BCUT2D eigenvalue weighted by Gasteiger charge is -2.13. The van der Waals surface area contributed by atoms with Crippen molar-refractivity contribution >= 4 is 23.4 Å². The quantitative estimate of drug-likeness (QED) is 0.624. The van der Waals surface area contributed by atoms with Crippen molar-refractivity contribution in [3.8, 4) is 11.4 Å². The zero-order valence-electron chi connectivity index (χ0n) is 12.8. The summed E-state index contributed by atoms with van der Waals surface area (Å²) in [7, 11) is 1.65. The molecule has 4 nitrogen and oxygen atoms in total. The van der Waals surface area contributed by atoms with Crippen molar-refractivity contribution in [3.63, 3.8) is 0 Å². The fourth-order valence-electron chi connectivity index (χ4n) is 2.27. The average molecular weight is 346 g/mol. The van der Waals surface area contributed by atoms with Gasteiger partial charge in [-0.2, -0.15) is 0 Å². The minimum Gasteiger partial charge on any atom is -0.497 e. The average Bonchev–Trinajstić information content (AvgIpc) is 3.03. The molecule has 0 spiro atoms. The van der Waals surface area contributed by atoms with Gasteiger partial charge in [-0.3, -0.25) is 4.57 Å². The molecule has 2 aromatic carbocycles. The first kappa shape index (κ1) is 15.9. The number of halogens is 1. The van der Waals surface area contributed by atoms with Crippen molar-refractivity contribution in [2.45, 2.75) is 17.3 Å². The molecule has 118 valence electrons. The second-order valence-electron chi connectivity index (χ2n) is 4.97. The highest BCUT2D eigenvalue weighted by Gasteiger charge is 2.15. The monoisotopic (exact) mass is 345 g/mol. The Hall–Kier alpha value is -1.98. The van der Waals surface area contributed by atoms with Crippen molar-refractivity contribution in [1.29, 1.82) is 0 Å². The number of methoxy groups -OCH3 is 1. The summed E-state index contributed by atoms with van der Waals surface area (Å²) in [6, 6.07) is 15.7. The van der Waals surface area contributed by atoms with Crippen LogP contribution < -0.4 is 4.74 Å². The van der Waals surface area contributed by atoms with Crippen LogP contribution in [0, 0.1) is 0 Å². The van der Waals surface area contributed by atoms with Gasteiger partial charge in [-0.1, -0.05) is 47.6 Å². The maximum absolute atomic E-state index is 6.28. The Morgan fingerprint density at radius 2 is 2.00 bits per heavy atom. The number of benzene rings is 2. The van der Waals surface area contributed by atoms with Gasteiger partial charge in [-0.25, -0.2) is 0 Å². The SMILES string of the molecule is COc1cccc(-n2cnnc2S[C@@H](C)c2ccccc2Cl)c1. The van der Waals surface area contributed by atoms with E-state index in [1.54, 1.807) is 25.2 Å². The van der Waals surface area contributed by atoms with Crippen LogP contribution in [0.5, 0.6) is 5.75 Å². The fourth-order valence-corrected chi connectivity index (χ4v) is 3.64. The van der Waals surface area contributed by atoms with E-state index in [1.807, 2.05) is 53.1 Å². The van der Waals surface area contributed by atoms with E-state index >= 15 is 0 Å². The van der Waals surface area contributed by atoms with Crippen LogP contribution in [-0.4, -0.2) is 21.9 Å². The number of aromatic nitrogens is 3. The Balaban J connectivity index is 1.88. The zero-order chi connectivity index (χ0) is 16.2. The molecule has 23 heavy (non-hydrogen) atoms. The van der Waals surface area contributed by atoms with Crippen LogP contribution in [0.25, 0.3) is 5.69 Å². The maximum atomic E-state index is 6.28. The van der Waals surface area contributed by atoms with Gasteiger partial charge < -0.3 is 4.74 Å². The first-order chi connectivity index (χ1) is 11.2. The summed E-state index contributed by atoms with van der Waals surface area (Å²) in [6.07, 6.45) is 1.70. The van der Waals surface area contributed by atoms with Crippen LogP contribution in [-0.2, 0) is 0 Å². The molecule has 0 saturated heterocycles. The topological polar surface area (TPSA) is 39.9 Å². The summed E-state index contributed by atoms with van der Waals surface area (Å²) < 4.78 is 7.23. The molecule has 6 heteroatoms. The second kappa shape index (κ2) is 7.06. The number of rotatable bonds is 5. The van der Waals surface area contributed by atoms with Gasteiger partial charge in [0.15, 0.2) is 5.16 Å². The first-order valence-electron chi connectivity index (χ1n) is 7.14. The molecule has 3 aromatic rings. The number of hydrogen-bond donors (Lipinski definition) is 0. The Morgan fingerprint density at radius 3 is 2.78 bits per heavy atom. The second-order valence-corrected chi connectivity index (χ2v) is 6.68. The largest absolute Gasteiger partial charge is 0.497 e. The van der Waals surface area contributed by atoms with E-state index < -0.39 is 0 Å². The van der Waals surface area contributed by atoms with Gasteiger partial charge in [0.2, 0.25) is 0 Å². The highest BCUT2D eigenvalue weighted by Crippen LogP contribution is 2.37. The minimum atomic E-state index is 0.164. The summed E-state index contributed by atoms with van der Waals surface area (Å²) in [4.78, 5) is 0. The molecule has 3 rings (SSSR count). The molecule has 1 heterocycles. The van der Waals surface area contributed by atoms with Gasteiger partial charge in [-0.05, 0) is 30.7 Å². The number of ether oxygens (including phenoxy) is 1. The predicted octanol–water partition coefficient (Wildman–Crippen LogP) is 4.78. The van der Waals surface area contributed by atoms with E-state index in [4.69, 9.17) is 16.3 Å². The van der Waals surface area contributed by atoms with E-state index in [9.17, 15) is 0 Å². The van der Waals surface area contributed by atoms with Crippen molar-refractivity contribution in [2.24, 2.45) is 0 Å². The number of thioether (sulfide) groups is 1. The Labute approximate surface area is 144 Å². The van der Waals surface area contributed by atoms with Crippen LogP contribution >= 0.6 is 23.4 Å². The van der Waals surface area contributed by atoms with E-state index in [-0.39, 0.29) is 5.25 Å². The normalized spacial score (nSPS) is 12.1. The molecule has 0 radical (unpaired) electrons. The predicted molar refractivity (Wildman–Crippen MR) is 93.6 cm³/mol. The van der Waals surface area contributed by atoms with Gasteiger partial charge in [0.1, 0.15) is 12.1 Å². The highest BCUT2D eigenvalue weighted by molar-refractivity contribution is 7.99. The highest BCUT2D eigenvalue weighted by atomic mass is 35.5. The molecule has 0 amide bonds.